The Morgan fingerprint density at radius 2 is 2.17 bits per heavy atom. The average molecular weight is 251 g/mol. The summed E-state index contributed by atoms with van der Waals surface area (Å²) >= 11 is 0. The SMILES string of the molecule is CCCCC(CC)CNCCCn1ccnc1C. The first-order valence-corrected chi connectivity index (χ1v) is 7.46. The summed E-state index contributed by atoms with van der Waals surface area (Å²) in [6, 6.07) is 0. The van der Waals surface area contributed by atoms with Gasteiger partial charge in [0, 0.05) is 18.9 Å². The molecule has 0 saturated carbocycles. The molecule has 0 aliphatic heterocycles. The van der Waals surface area contributed by atoms with Crippen LogP contribution in [-0.4, -0.2) is 22.6 Å². The van der Waals surface area contributed by atoms with Crippen molar-refractivity contribution in [1.29, 1.82) is 0 Å². The van der Waals surface area contributed by atoms with Gasteiger partial charge < -0.3 is 9.88 Å². The van der Waals surface area contributed by atoms with Crippen LogP contribution in [0.4, 0.5) is 0 Å². The summed E-state index contributed by atoms with van der Waals surface area (Å²) in [6.45, 7) is 10.00. The lowest BCUT2D eigenvalue weighted by Gasteiger charge is -2.15. The summed E-state index contributed by atoms with van der Waals surface area (Å²) in [5.74, 6) is 1.98. The summed E-state index contributed by atoms with van der Waals surface area (Å²) in [5.41, 5.74) is 0. The van der Waals surface area contributed by atoms with Crippen LogP contribution >= 0.6 is 0 Å². The number of imidazole rings is 1. The van der Waals surface area contributed by atoms with Gasteiger partial charge in [-0.2, -0.15) is 0 Å². The zero-order chi connectivity index (χ0) is 13.2. The molecule has 0 amide bonds. The van der Waals surface area contributed by atoms with E-state index in [2.05, 4.69) is 41.8 Å². The normalized spacial score (nSPS) is 12.8. The predicted molar refractivity (Wildman–Crippen MR) is 77.8 cm³/mol. The maximum atomic E-state index is 4.23. The molecule has 3 heteroatoms. The van der Waals surface area contributed by atoms with Gasteiger partial charge in [-0.15, -0.1) is 0 Å². The highest BCUT2D eigenvalue weighted by molar-refractivity contribution is 4.88. The van der Waals surface area contributed by atoms with Gasteiger partial charge in [0.05, 0.1) is 0 Å². The first-order chi connectivity index (χ1) is 8.77. The molecule has 0 aliphatic carbocycles. The lowest BCUT2D eigenvalue weighted by atomic mass is 9.99. The lowest BCUT2D eigenvalue weighted by molar-refractivity contribution is 0.414. The highest BCUT2D eigenvalue weighted by Gasteiger charge is 2.04. The quantitative estimate of drug-likeness (QED) is 0.646. The Bertz CT molecular complexity index is 306. The van der Waals surface area contributed by atoms with E-state index >= 15 is 0 Å². The minimum Gasteiger partial charge on any atom is -0.335 e. The van der Waals surface area contributed by atoms with Crippen LogP contribution in [0.25, 0.3) is 0 Å². The second kappa shape index (κ2) is 9.15. The highest BCUT2D eigenvalue weighted by Crippen LogP contribution is 2.11. The van der Waals surface area contributed by atoms with E-state index in [1.165, 1.54) is 38.6 Å². The van der Waals surface area contributed by atoms with Gasteiger partial charge in [0.2, 0.25) is 0 Å². The van der Waals surface area contributed by atoms with E-state index in [9.17, 15) is 0 Å². The van der Waals surface area contributed by atoms with Crippen molar-refractivity contribution in [2.45, 2.75) is 59.4 Å². The largest absolute Gasteiger partial charge is 0.335 e. The Kier molecular flexibility index (Phi) is 7.74. The van der Waals surface area contributed by atoms with Crippen molar-refractivity contribution in [2.24, 2.45) is 5.92 Å². The fourth-order valence-electron chi connectivity index (χ4n) is 2.26. The molecule has 0 fully saturated rings. The van der Waals surface area contributed by atoms with E-state index in [1.807, 2.05) is 6.20 Å². The topological polar surface area (TPSA) is 29.9 Å². The monoisotopic (exact) mass is 251 g/mol. The number of hydrogen-bond donors (Lipinski definition) is 1. The van der Waals surface area contributed by atoms with Gasteiger partial charge in [-0.05, 0) is 38.8 Å². The Morgan fingerprint density at radius 1 is 1.33 bits per heavy atom. The van der Waals surface area contributed by atoms with E-state index in [1.54, 1.807) is 0 Å². The van der Waals surface area contributed by atoms with Crippen LogP contribution in [0.3, 0.4) is 0 Å². The third-order valence-electron chi connectivity index (χ3n) is 3.65. The number of nitrogens with zero attached hydrogens (tertiary/aromatic N) is 2. The Morgan fingerprint density at radius 3 is 2.78 bits per heavy atom. The second-order valence-electron chi connectivity index (χ2n) is 5.14. The van der Waals surface area contributed by atoms with Crippen molar-refractivity contribution in [1.82, 2.24) is 14.9 Å². The molecule has 0 saturated heterocycles. The average Bonchev–Trinajstić information content (AvgIpc) is 2.78. The van der Waals surface area contributed by atoms with Gasteiger partial charge in [-0.1, -0.05) is 33.1 Å². The zero-order valence-electron chi connectivity index (χ0n) is 12.3. The third-order valence-corrected chi connectivity index (χ3v) is 3.65. The van der Waals surface area contributed by atoms with Crippen LogP contribution in [0.5, 0.6) is 0 Å². The number of aryl methyl sites for hydroxylation is 2. The maximum Gasteiger partial charge on any atom is 0.105 e. The van der Waals surface area contributed by atoms with Crippen LogP contribution in [0.15, 0.2) is 12.4 Å². The molecule has 3 nitrogen and oxygen atoms in total. The van der Waals surface area contributed by atoms with E-state index in [0.717, 1.165) is 24.8 Å². The first-order valence-electron chi connectivity index (χ1n) is 7.46. The minimum atomic E-state index is 0.861. The van der Waals surface area contributed by atoms with E-state index < -0.39 is 0 Å². The molecule has 0 radical (unpaired) electrons. The van der Waals surface area contributed by atoms with Gasteiger partial charge in [-0.25, -0.2) is 4.98 Å². The Hall–Kier alpha value is -0.830. The third kappa shape index (κ3) is 5.67. The van der Waals surface area contributed by atoms with Crippen LogP contribution < -0.4 is 5.32 Å². The van der Waals surface area contributed by atoms with Crippen molar-refractivity contribution in [2.75, 3.05) is 13.1 Å². The van der Waals surface area contributed by atoms with Gasteiger partial charge in [0.25, 0.3) is 0 Å². The molecular formula is C15H29N3. The van der Waals surface area contributed by atoms with Gasteiger partial charge in [-0.3, -0.25) is 0 Å². The molecule has 0 spiro atoms. The van der Waals surface area contributed by atoms with E-state index in [0.29, 0.717) is 0 Å². The Balaban J connectivity index is 2.05. The first kappa shape index (κ1) is 15.2. The molecule has 0 aromatic carbocycles. The molecule has 1 aromatic rings. The lowest BCUT2D eigenvalue weighted by Crippen LogP contribution is -2.24. The van der Waals surface area contributed by atoms with Crippen LogP contribution in [-0.2, 0) is 6.54 Å². The number of aromatic nitrogens is 2. The second-order valence-corrected chi connectivity index (χ2v) is 5.14. The number of nitrogens with one attached hydrogen (secondary N) is 1. The van der Waals surface area contributed by atoms with E-state index in [-0.39, 0.29) is 0 Å². The molecule has 104 valence electrons. The van der Waals surface area contributed by atoms with Gasteiger partial charge in [0.1, 0.15) is 5.82 Å². The molecule has 1 rings (SSSR count). The molecule has 1 atom stereocenters. The fraction of sp³-hybridized carbons (Fsp3) is 0.800. The predicted octanol–water partition coefficient (Wildman–Crippen LogP) is 3.39. The molecule has 18 heavy (non-hydrogen) atoms. The van der Waals surface area contributed by atoms with Crippen molar-refractivity contribution in [3.05, 3.63) is 18.2 Å². The van der Waals surface area contributed by atoms with Crippen LogP contribution in [0, 0.1) is 12.8 Å². The highest BCUT2D eigenvalue weighted by atomic mass is 15.1. The number of rotatable bonds is 10. The van der Waals surface area contributed by atoms with Crippen molar-refractivity contribution >= 4 is 0 Å². The zero-order valence-corrected chi connectivity index (χ0v) is 12.3. The smallest absolute Gasteiger partial charge is 0.105 e. The van der Waals surface area contributed by atoms with Crippen molar-refractivity contribution in [3.8, 4) is 0 Å². The molecule has 1 aromatic heterocycles. The summed E-state index contributed by atoms with van der Waals surface area (Å²) in [7, 11) is 0. The number of hydrogen-bond acceptors (Lipinski definition) is 2. The molecule has 0 bridgehead atoms. The van der Waals surface area contributed by atoms with Crippen LogP contribution in [0.1, 0.15) is 51.8 Å². The van der Waals surface area contributed by atoms with Gasteiger partial charge in [0.15, 0.2) is 0 Å². The number of unbranched alkanes of at least 4 members (excludes halogenated alkanes) is 1. The van der Waals surface area contributed by atoms with Gasteiger partial charge >= 0.3 is 0 Å². The molecule has 1 N–H and O–H groups in total. The summed E-state index contributed by atoms with van der Waals surface area (Å²) in [5, 5.41) is 3.59. The molecule has 1 heterocycles. The van der Waals surface area contributed by atoms with Crippen LogP contribution in [0.2, 0.25) is 0 Å². The van der Waals surface area contributed by atoms with E-state index in [4.69, 9.17) is 0 Å². The summed E-state index contributed by atoms with van der Waals surface area (Å²) in [6.07, 6.45) is 10.5. The maximum absolute atomic E-state index is 4.23. The summed E-state index contributed by atoms with van der Waals surface area (Å²) in [4.78, 5) is 4.23. The van der Waals surface area contributed by atoms with Crippen molar-refractivity contribution in [3.63, 3.8) is 0 Å². The standard InChI is InChI=1S/C15H29N3/c1-4-6-8-15(5-2)13-16-9-7-11-18-12-10-17-14(18)3/h10,12,15-16H,4-9,11,13H2,1-3H3. The Labute approximate surface area is 112 Å². The molecule has 0 aliphatic rings. The summed E-state index contributed by atoms with van der Waals surface area (Å²) < 4.78 is 2.22. The minimum absolute atomic E-state index is 0.861. The fourth-order valence-corrected chi connectivity index (χ4v) is 2.26. The molecule has 1 unspecified atom stereocenters. The van der Waals surface area contributed by atoms with Crippen molar-refractivity contribution < 1.29 is 0 Å². The molecular weight excluding hydrogens is 222 g/mol.